The molecular weight excluding hydrogens is 328 g/mol. The lowest BCUT2D eigenvalue weighted by Crippen LogP contribution is -1.89. The first-order chi connectivity index (χ1) is 10.1. The molecule has 1 aromatic heterocycles. The summed E-state index contributed by atoms with van der Waals surface area (Å²) in [5, 5.41) is 4.15. The molecule has 0 saturated heterocycles. The van der Waals surface area contributed by atoms with Gasteiger partial charge in [-0.15, -0.1) is 0 Å². The van der Waals surface area contributed by atoms with Gasteiger partial charge in [0.25, 0.3) is 0 Å². The maximum atomic E-state index is 5.98. The van der Waals surface area contributed by atoms with E-state index in [2.05, 4.69) is 46.2 Å². The Bertz CT molecular complexity index is 791. The van der Waals surface area contributed by atoms with Crippen molar-refractivity contribution in [3.63, 3.8) is 0 Å². The number of hydrogen-bond acceptors (Lipinski definition) is 3. The van der Waals surface area contributed by atoms with Gasteiger partial charge in [0.2, 0.25) is 5.88 Å². The molecule has 0 unspecified atom stereocenters. The summed E-state index contributed by atoms with van der Waals surface area (Å²) >= 11 is 3.59. The van der Waals surface area contributed by atoms with E-state index in [1.54, 1.807) is 0 Å². The monoisotopic (exact) mass is 342 g/mol. The number of aryl methyl sites for hydroxylation is 2. The van der Waals surface area contributed by atoms with Crippen molar-refractivity contribution in [1.29, 1.82) is 0 Å². The van der Waals surface area contributed by atoms with E-state index in [9.17, 15) is 0 Å². The molecule has 2 N–H and O–H groups in total. The van der Waals surface area contributed by atoms with E-state index in [0.717, 1.165) is 26.9 Å². The standard InChI is InChI=1S/C17H15BrN2O/c1-10-3-6-12(7-4-10)15-16(20-21-17(15)19)13-8-5-11(2)9-14(13)18/h3-9H,19H2,1-2H3. The largest absolute Gasteiger partial charge is 0.367 e. The van der Waals surface area contributed by atoms with Crippen molar-refractivity contribution in [3.8, 4) is 22.4 Å². The number of nitrogen functional groups attached to an aromatic ring is 1. The van der Waals surface area contributed by atoms with Gasteiger partial charge in [-0.1, -0.05) is 63.0 Å². The third-order valence-corrected chi connectivity index (χ3v) is 4.09. The van der Waals surface area contributed by atoms with Crippen LogP contribution >= 0.6 is 15.9 Å². The molecule has 0 radical (unpaired) electrons. The van der Waals surface area contributed by atoms with Crippen molar-refractivity contribution < 1.29 is 4.52 Å². The Labute approximate surface area is 131 Å². The van der Waals surface area contributed by atoms with Gasteiger partial charge in [-0.3, -0.25) is 0 Å². The van der Waals surface area contributed by atoms with E-state index in [4.69, 9.17) is 10.3 Å². The third-order valence-electron chi connectivity index (χ3n) is 3.44. The lowest BCUT2D eigenvalue weighted by molar-refractivity contribution is 0.439. The predicted molar refractivity (Wildman–Crippen MR) is 89.0 cm³/mol. The number of nitrogens with zero attached hydrogens (tertiary/aromatic N) is 1. The minimum absolute atomic E-state index is 0.335. The highest BCUT2D eigenvalue weighted by Crippen LogP contribution is 2.39. The molecule has 4 heteroatoms. The van der Waals surface area contributed by atoms with E-state index in [0.29, 0.717) is 5.88 Å². The number of hydrogen-bond donors (Lipinski definition) is 1. The van der Waals surface area contributed by atoms with Crippen molar-refractivity contribution in [2.24, 2.45) is 0 Å². The minimum atomic E-state index is 0.335. The Morgan fingerprint density at radius 2 is 1.67 bits per heavy atom. The van der Waals surface area contributed by atoms with E-state index < -0.39 is 0 Å². The molecule has 0 aliphatic heterocycles. The van der Waals surface area contributed by atoms with Crippen LogP contribution in [0, 0.1) is 13.8 Å². The number of benzene rings is 2. The van der Waals surface area contributed by atoms with Crippen molar-refractivity contribution >= 4 is 21.8 Å². The summed E-state index contributed by atoms with van der Waals surface area (Å²) in [6.45, 7) is 4.10. The minimum Gasteiger partial charge on any atom is -0.367 e. The van der Waals surface area contributed by atoms with Gasteiger partial charge in [0.15, 0.2) is 0 Å². The number of rotatable bonds is 2. The van der Waals surface area contributed by atoms with E-state index in [1.165, 1.54) is 11.1 Å². The normalized spacial score (nSPS) is 10.8. The number of halogens is 1. The molecule has 0 aliphatic carbocycles. The van der Waals surface area contributed by atoms with Crippen LogP contribution in [0.2, 0.25) is 0 Å². The van der Waals surface area contributed by atoms with Crippen molar-refractivity contribution in [2.75, 3.05) is 5.73 Å². The highest BCUT2D eigenvalue weighted by molar-refractivity contribution is 9.10. The van der Waals surface area contributed by atoms with Crippen LogP contribution in [0.1, 0.15) is 11.1 Å². The zero-order valence-corrected chi connectivity index (χ0v) is 13.4. The second-order valence-electron chi connectivity index (χ2n) is 5.12. The Morgan fingerprint density at radius 1 is 1.00 bits per heavy atom. The molecular formula is C17H15BrN2O. The number of anilines is 1. The van der Waals surface area contributed by atoms with Gasteiger partial charge in [0.05, 0.1) is 5.56 Å². The molecule has 2 aromatic carbocycles. The molecule has 3 nitrogen and oxygen atoms in total. The van der Waals surface area contributed by atoms with Gasteiger partial charge in [0.1, 0.15) is 5.69 Å². The van der Waals surface area contributed by atoms with Crippen molar-refractivity contribution in [3.05, 3.63) is 58.1 Å². The molecule has 3 rings (SSSR count). The third kappa shape index (κ3) is 2.59. The number of aromatic nitrogens is 1. The Hall–Kier alpha value is -2.07. The maximum absolute atomic E-state index is 5.98. The first-order valence-electron chi connectivity index (χ1n) is 6.65. The highest BCUT2D eigenvalue weighted by Gasteiger charge is 2.19. The van der Waals surface area contributed by atoms with Crippen LogP contribution in [0.4, 0.5) is 5.88 Å². The first kappa shape index (κ1) is 13.9. The predicted octanol–water partition coefficient (Wildman–Crippen LogP) is 4.97. The summed E-state index contributed by atoms with van der Waals surface area (Å²) in [5.41, 5.74) is 11.9. The topological polar surface area (TPSA) is 52.0 Å². The van der Waals surface area contributed by atoms with Crippen molar-refractivity contribution in [1.82, 2.24) is 5.16 Å². The zero-order valence-electron chi connectivity index (χ0n) is 11.9. The van der Waals surface area contributed by atoms with Crippen LogP contribution in [0.3, 0.4) is 0 Å². The Kier molecular flexibility index (Phi) is 3.55. The summed E-state index contributed by atoms with van der Waals surface area (Å²) in [4.78, 5) is 0. The van der Waals surface area contributed by atoms with Crippen molar-refractivity contribution in [2.45, 2.75) is 13.8 Å². The van der Waals surface area contributed by atoms with Crippen LogP contribution in [-0.4, -0.2) is 5.16 Å². The van der Waals surface area contributed by atoms with Gasteiger partial charge < -0.3 is 10.3 Å². The second-order valence-corrected chi connectivity index (χ2v) is 5.97. The van der Waals surface area contributed by atoms with Gasteiger partial charge in [-0.05, 0) is 31.0 Å². The van der Waals surface area contributed by atoms with Crippen LogP contribution in [0.15, 0.2) is 51.5 Å². The molecule has 0 fully saturated rings. The lowest BCUT2D eigenvalue weighted by Gasteiger charge is -2.06. The van der Waals surface area contributed by atoms with Gasteiger partial charge in [-0.25, -0.2) is 0 Å². The van der Waals surface area contributed by atoms with Crippen LogP contribution < -0.4 is 5.73 Å². The molecule has 1 heterocycles. The fraction of sp³-hybridized carbons (Fsp3) is 0.118. The molecule has 21 heavy (non-hydrogen) atoms. The summed E-state index contributed by atoms with van der Waals surface area (Å²) in [5.74, 6) is 0.335. The fourth-order valence-electron chi connectivity index (χ4n) is 2.30. The average molecular weight is 343 g/mol. The van der Waals surface area contributed by atoms with E-state index in [1.807, 2.05) is 31.2 Å². The van der Waals surface area contributed by atoms with Gasteiger partial charge in [-0.2, -0.15) is 0 Å². The van der Waals surface area contributed by atoms with E-state index in [-0.39, 0.29) is 0 Å². The van der Waals surface area contributed by atoms with E-state index >= 15 is 0 Å². The molecule has 0 bridgehead atoms. The molecule has 106 valence electrons. The van der Waals surface area contributed by atoms with Crippen LogP contribution in [-0.2, 0) is 0 Å². The smallest absolute Gasteiger partial charge is 0.230 e. The summed E-state index contributed by atoms with van der Waals surface area (Å²) in [7, 11) is 0. The number of nitrogens with two attached hydrogens (primary N) is 1. The molecule has 0 atom stereocenters. The highest BCUT2D eigenvalue weighted by atomic mass is 79.9. The Morgan fingerprint density at radius 3 is 2.33 bits per heavy atom. The van der Waals surface area contributed by atoms with Crippen LogP contribution in [0.25, 0.3) is 22.4 Å². The molecule has 3 aromatic rings. The molecule has 0 amide bonds. The SMILES string of the molecule is Cc1ccc(-c2c(-c3ccc(C)cc3Br)noc2N)cc1. The fourth-order valence-corrected chi connectivity index (χ4v) is 2.98. The van der Waals surface area contributed by atoms with Crippen LogP contribution in [0.5, 0.6) is 0 Å². The Balaban J connectivity index is 2.19. The zero-order chi connectivity index (χ0) is 15.0. The van der Waals surface area contributed by atoms with Gasteiger partial charge >= 0.3 is 0 Å². The summed E-state index contributed by atoms with van der Waals surface area (Å²) in [6, 6.07) is 14.3. The second kappa shape index (κ2) is 5.37. The van der Waals surface area contributed by atoms with Gasteiger partial charge in [0, 0.05) is 10.0 Å². The first-order valence-corrected chi connectivity index (χ1v) is 7.44. The average Bonchev–Trinajstić information content (AvgIpc) is 2.82. The molecule has 0 saturated carbocycles. The summed E-state index contributed by atoms with van der Waals surface area (Å²) in [6.07, 6.45) is 0. The lowest BCUT2D eigenvalue weighted by atomic mass is 9.99. The quantitative estimate of drug-likeness (QED) is 0.715. The molecule has 0 aliphatic rings. The summed E-state index contributed by atoms with van der Waals surface area (Å²) < 4.78 is 6.20. The maximum Gasteiger partial charge on any atom is 0.230 e. The molecule has 0 spiro atoms.